The van der Waals surface area contributed by atoms with Crippen LogP contribution in [0.5, 0.6) is 5.75 Å². The zero-order chi connectivity index (χ0) is 17.6. The minimum absolute atomic E-state index is 0.122. The van der Waals surface area contributed by atoms with Gasteiger partial charge in [0.1, 0.15) is 11.4 Å². The van der Waals surface area contributed by atoms with E-state index in [-0.39, 0.29) is 12.0 Å². The Morgan fingerprint density at radius 2 is 1.96 bits per heavy atom. The first-order chi connectivity index (χ1) is 10.7. The van der Waals surface area contributed by atoms with Crippen molar-refractivity contribution < 1.29 is 14.3 Å². The van der Waals surface area contributed by atoms with Gasteiger partial charge in [0.25, 0.3) is 5.91 Å². The molecule has 0 bridgehead atoms. The summed E-state index contributed by atoms with van der Waals surface area (Å²) in [5.74, 6) is 1.11. The standard InChI is InChI=1S/C19H31NO3/c1-8-15(5)23-17-10-9-16(11-14(17)4)20-18(21)19(6,22-7)12-13(2)3/h9-11,13,15H,8,12H2,1-7H3,(H,20,21). The normalized spacial score (nSPS) is 15.1. The largest absolute Gasteiger partial charge is 0.490 e. The second-order valence-corrected chi connectivity index (χ2v) is 6.80. The lowest BCUT2D eigenvalue weighted by molar-refractivity contribution is -0.137. The molecule has 4 heteroatoms. The van der Waals surface area contributed by atoms with Crippen LogP contribution in [0.25, 0.3) is 0 Å². The molecule has 0 radical (unpaired) electrons. The van der Waals surface area contributed by atoms with E-state index in [0.717, 1.165) is 23.4 Å². The molecule has 23 heavy (non-hydrogen) atoms. The first-order valence-electron chi connectivity index (χ1n) is 8.35. The van der Waals surface area contributed by atoms with Gasteiger partial charge < -0.3 is 14.8 Å². The van der Waals surface area contributed by atoms with Gasteiger partial charge in [-0.2, -0.15) is 0 Å². The number of carbonyl (C=O) groups is 1. The molecule has 0 saturated heterocycles. The van der Waals surface area contributed by atoms with Crippen molar-refractivity contribution in [3.05, 3.63) is 23.8 Å². The number of hydrogen-bond acceptors (Lipinski definition) is 3. The van der Waals surface area contributed by atoms with Gasteiger partial charge in [-0.05, 0) is 63.3 Å². The van der Waals surface area contributed by atoms with E-state index in [2.05, 4.69) is 26.1 Å². The molecule has 0 aliphatic rings. The molecule has 1 N–H and O–H groups in total. The summed E-state index contributed by atoms with van der Waals surface area (Å²) >= 11 is 0. The number of nitrogens with one attached hydrogen (secondary N) is 1. The summed E-state index contributed by atoms with van der Waals surface area (Å²) in [4.78, 5) is 12.6. The third-order valence-corrected chi connectivity index (χ3v) is 4.06. The highest BCUT2D eigenvalue weighted by molar-refractivity contribution is 5.97. The van der Waals surface area contributed by atoms with Crippen LogP contribution in [0.4, 0.5) is 5.69 Å². The number of hydrogen-bond donors (Lipinski definition) is 1. The average molecular weight is 321 g/mol. The highest BCUT2D eigenvalue weighted by atomic mass is 16.5. The van der Waals surface area contributed by atoms with Crippen LogP contribution < -0.4 is 10.1 Å². The number of anilines is 1. The molecule has 1 aromatic carbocycles. The van der Waals surface area contributed by atoms with Crippen molar-refractivity contribution >= 4 is 11.6 Å². The minimum Gasteiger partial charge on any atom is -0.490 e. The summed E-state index contributed by atoms with van der Waals surface area (Å²) in [6, 6.07) is 5.71. The van der Waals surface area contributed by atoms with Crippen molar-refractivity contribution in [2.75, 3.05) is 12.4 Å². The highest BCUT2D eigenvalue weighted by Gasteiger charge is 2.33. The number of rotatable bonds is 8. The number of amides is 1. The Bertz CT molecular complexity index is 527. The molecule has 4 nitrogen and oxygen atoms in total. The van der Waals surface area contributed by atoms with Crippen LogP contribution in [0.15, 0.2) is 18.2 Å². The fourth-order valence-corrected chi connectivity index (χ4v) is 2.47. The maximum absolute atomic E-state index is 12.6. The van der Waals surface area contributed by atoms with Crippen LogP contribution in [-0.2, 0) is 9.53 Å². The quantitative estimate of drug-likeness (QED) is 0.763. The SMILES string of the molecule is CCC(C)Oc1ccc(NC(=O)C(C)(CC(C)C)OC)cc1C. The summed E-state index contributed by atoms with van der Waals surface area (Å²) in [7, 11) is 1.58. The zero-order valence-corrected chi connectivity index (χ0v) is 15.5. The summed E-state index contributed by atoms with van der Waals surface area (Å²) in [5, 5.41) is 2.95. The van der Waals surface area contributed by atoms with Gasteiger partial charge in [-0.25, -0.2) is 0 Å². The molecule has 1 aromatic rings. The Balaban J connectivity index is 2.84. The van der Waals surface area contributed by atoms with Crippen LogP contribution in [-0.4, -0.2) is 24.7 Å². The third-order valence-electron chi connectivity index (χ3n) is 4.06. The highest BCUT2D eigenvalue weighted by Crippen LogP contribution is 2.26. The third kappa shape index (κ3) is 5.54. The van der Waals surface area contributed by atoms with E-state index in [1.807, 2.05) is 39.0 Å². The fourth-order valence-electron chi connectivity index (χ4n) is 2.47. The lowest BCUT2D eigenvalue weighted by Crippen LogP contribution is -2.43. The summed E-state index contributed by atoms with van der Waals surface area (Å²) in [5.41, 5.74) is 0.940. The van der Waals surface area contributed by atoms with Crippen LogP contribution in [0.1, 0.15) is 53.0 Å². The molecule has 130 valence electrons. The van der Waals surface area contributed by atoms with Gasteiger partial charge in [-0.3, -0.25) is 4.79 Å². The Hall–Kier alpha value is -1.55. The van der Waals surface area contributed by atoms with Crippen molar-refractivity contribution in [1.82, 2.24) is 0 Å². The summed E-state index contributed by atoms with van der Waals surface area (Å²) < 4.78 is 11.3. The Labute approximate surface area is 140 Å². The van der Waals surface area contributed by atoms with E-state index in [4.69, 9.17) is 9.47 Å². The van der Waals surface area contributed by atoms with E-state index in [1.165, 1.54) is 0 Å². The average Bonchev–Trinajstić information content (AvgIpc) is 2.48. The van der Waals surface area contributed by atoms with Gasteiger partial charge in [0.05, 0.1) is 6.10 Å². The molecule has 0 aliphatic carbocycles. The molecule has 0 aromatic heterocycles. The number of methoxy groups -OCH3 is 1. The van der Waals surface area contributed by atoms with Gasteiger partial charge >= 0.3 is 0 Å². The summed E-state index contributed by atoms with van der Waals surface area (Å²) in [6.07, 6.45) is 1.81. The predicted octanol–water partition coefficient (Wildman–Crippen LogP) is 4.56. The van der Waals surface area contributed by atoms with Gasteiger partial charge in [-0.1, -0.05) is 20.8 Å². The van der Waals surface area contributed by atoms with Gasteiger partial charge in [0.15, 0.2) is 0 Å². The van der Waals surface area contributed by atoms with Crippen molar-refractivity contribution in [2.45, 2.75) is 66.1 Å². The Kier molecular flexibility index (Phi) is 7.07. The zero-order valence-electron chi connectivity index (χ0n) is 15.5. The molecule has 1 amide bonds. The Morgan fingerprint density at radius 3 is 2.43 bits per heavy atom. The second kappa shape index (κ2) is 8.34. The van der Waals surface area contributed by atoms with Crippen molar-refractivity contribution in [3.8, 4) is 5.75 Å². The topological polar surface area (TPSA) is 47.6 Å². The number of aryl methyl sites for hydroxylation is 1. The van der Waals surface area contributed by atoms with Crippen molar-refractivity contribution in [1.29, 1.82) is 0 Å². The molecule has 0 fully saturated rings. The monoisotopic (exact) mass is 321 g/mol. The van der Waals surface area contributed by atoms with Gasteiger partial charge in [-0.15, -0.1) is 0 Å². The molecule has 0 aliphatic heterocycles. The smallest absolute Gasteiger partial charge is 0.256 e. The lowest BCUT2D eigenvalue weighted by atomic mass is 9.93. The summed E-state index contributed by atoms with van der Waals surface area (Å²) in [6.45, 7) is 12.1. The molecule has 0 spiro atoms. The van der Waals surface area contributed by atoms with Crippen LogP contribution in [0.3, 0.4) is 0 Å². The van der Waals surface area contributed by atoms with Crippen molar-refractivity contribution in [2.24, 2.45) is 5.92 Å². The first-order valence-corrected chi connectivity index (χ1v) is 8.35. The van der Waals surface area contributed by atoms with E-state index in [0.29, 0.717) is 12.3 Å². The van der Waals surface area contributed by atoms with Crippen LogP contribution in [0, 0.1) is 12.8 Å². The molecular formula is C19H31NO3. The minimum atomic E-state index is -0.825. The molecule has 0 saturated carbocycles. The molecule has 2 atom stereocenters. The Morgan fingerprint density at radius 1 is 1.30 bits per heavy atom. The van der Waals surface area contributed by atoms with E-state index in [1.54, 1.807) is 7.11 Å². The van der Waals surface area contributed by atoms with Gasteiger partial charge in [0.2, 0.25) is 0 Å². The number of carbonyl (C=O) groups excluding carboxylic acids is 1. The molecule has 1 rings (SSSR count). The first kappa shape index (κ1) is 19.5. The molecule has 2 unspecified atom stereocenters. The van der Waals surface area contributed by atoms with Crippen LogP contribution in [0.2, 0.25) is 0 Å². The second-order valence-electron chi connectivity index (χ2n) is 6.80. The van der Waals surface area contributed by atoms with E-state index >= 15 is 0 Å². The maximum Gasteiger partial charge on any atom is 0.256 e. The lowest BCUT2D eigenvalue weighted by Gasteiger charge is -2.28. The fraction of sp³-hybridized carbons (Fsp3) is 0.632. The van der Waals surface area contributed by atoms with Gasteiger partial charge in [0, 0.05) is 12.8 Å². The van der Waals surface area contributed by atoms with E-state index in [9.17, 15) is 4.79 Å². The van der Waals surface area contributed by atoms with Crippen LogP contribution >= 0.6 is 0 Å². The molecular weight excluding hydrogens is 290 g/mol. The van der Waals surface area contributed by atoms with Crippen molar-refractivity contribution in [3.63, 3.8) is 0 Å². The van der Waals surface area contributed by atoms with E-state index < -0.39 is 5.60 Å². The maximum atomic E-state index is 12.6. The molecule has 0 heterocycles. The number of benzene rings is 1. The number of ether oxygens (including phenoxy) is 2. The predicted molar refractivity (Wildman–Crippen MR) is 95.1 cm³/mol.